The van der Waals surface area contributed by atoms with Crippen LogP contribution in [0.1, 0.15) is 99.3 Å². The fourth-order valence-corrected chi connectivity index (χ4v) is 8.46. The molecule has 0 bridgehead atoms. The summed E-state index contributed by atoms with van der Waals surface area (Å²) in [7, 11) is 0. The van der Waals surface area contributed by atoms with E-state index in [0.717, 1.165) is 36.5 Å². The van der Waals surface area contributed by atoms with Gasteiger partial charge in [0.25, 0.3) is 0 Å². The molecular weight excluding hydrogens is 392 g/mol. The number of allylic oxidation sites excluding steroid dienone is 5. The summed E-state index contributed by atoms with van der Waals surface area (Å²) in [4.78, 5) is 11.8. The molecule has 3 saturated carbocycles. The lowest BCUT2D eigenvalue weighted by molar-refractivity contribution is -0.151. The summed E-state index contributed by atoms with van der Waals surface area (Å²) in [5, 5.41) is 0. The van der Waals surface area contributed by atoms with E-state index in [2.05, 4.69) is 58.9 Å². The third-order valence-corrected chi connectivity index (χ3v) is 10.2. The predicted molar refractivity (Wildman–Crippen MR) is 133 cm³/mol. The van der Waals surface area contributed by atoms with Crippen molar-refractivity contribution in [3.63, 3.8) is 0 Å². The average Bonchev–Trinajstić information content (AvgIpc) is 3.11. The molecule has 1 unspecified atom stereocenters. The first-order chi connectivity index (χ1) is 15.2. The molecule has 0 radical (unpaired) electrons. The zero-order valence-corrected chi connectivity index (χ0v) is 21.5. The normalized spacial score (nSPS) is 41.8. The fraction of sp³-hybridized carbons (Fsp3) is 0.767. The summed E-state index contributed by atoms with van der Waals surface area (Å²) in [5.74, 6) is 3.97. The number of hydrogen-bond acceptors (Lipinski definition) is 2. The maximum Gasteiger partial charge on any atom is 0.305 e. The fourth-order valence-electron chi connectivity index (χ4n) is 8.46. The predicted octanol–water partition coefficient (Wildman–Crippen LogP) is 8.05. The van der Waals surface area contributed by atoms with E-state index < -0.39 is 0 Å². The second-order valence-corrected chi connectivity index (χ2v) is 12.2. The van der Waals surface area contributed by atoms with Gasteiger partial charge in [-0.15, -0.1) is 0 Å². The molecule has 0 saturated heterocycles. The molecule has 0 aliphatic heterocycles. The molecule has 178 valence electrons. The van der Waals surface area contributed by atoms with Crippen LogP contribution in [0.2, 0.25) is 0 Å². The molecule has 0 aromatic carbocycles. The van der Waals surface area contributed by atoms with E-state index in [1.165, 1.54) is 44.1 Å². The van der Waals surface area contributed by atoms with Gasteiger partial charge >= 0.3 is 5.97 Å². The molecule has 4 aliphatic rings. The van der Waals surface area contributed by atoms with Crippen LogP contribution < -0.4 is 0 Å². The Hall–Kier alpha value is -1.31. The molecule has 2 nitrogen and oxygen atoms in total. The van der Waals surface area contributed by atoms with Gasteiger partial charge in [-0.25, -0.2) is 0 Å². The first kappa shape index (κ1) is 23.8. The summed E-state index contributed by atoms with van der Waals surface area (Å²) in [6.45, 7) is 13.9. The maximum absolute atomic E-state index is 11.8. The summed E-state index contributed by atoms with van der Waals surface area (Å²) < 4.78 is 5.75. The Balaban J connectivity index is 1.50. The zero-order chi connectivity index (χ0) is 23.1. The van der Waals surface area contributed by atoms with Crippen LogP contribution in [0.3, 0.4) is 0 Å². The van der Waals surface area contributed by atoms with Gasteiger partial charge in [0.15, 0.2) is 0 Å². The molecule has 8 atom stereocenters. The molecule has 4 aliphatic carbocycles. The summed E-state index contributed by atoms with van der Waals surface area (Å²) in [5.41, 5.74) is 3.80. The van der Waals surface area contributed by atoms with Crippen LogP contribution in [0, 0.1) is 40.4 Å². The largest absolute Gasteiger partial charge is 0.462 e. The van der Waals surface area contributed by atoms with Crippen LogP contribution in [0.25, 0.3) is 0 Å². The van der Waals surface area contributed by atoms with Gasteiger partial charge in [0.2, 0.25) is 0 Å². The summed E-state index contributed by atoms with van der Waals surface area (Å²) >= 11 is 0. The zero-order valence-electron chi connectivity index (χ0n) is 21.5. The molecule has 4 rings (SSSR count). The van der Waals surface area contributed by atoms with Gasteiger partial charge in [0.05, 0.1) is 0 Å². The second kappa shape index (κ2) is 9.15. The van der Waals surface area contributed by atoms with Crippen molar-refractivity contribution in [3.05, 3.63) is 35.5 Å². The Labute approximate surface area is 197 Å². The number of rotatable bonds is 5. The Bertz CT molecular complexity index is 800. The highest BCUT2D eigenvalue weighted by molar-refractivity contribution is 5.69. The van der Waals surface area contributed by atoms with Crippen molar-refractivity contribution in [2.45, 2.75) is 105 Å². The highest BCUT2D eigenvalue weighted by Gasteiger charge is 2.59. The van der Waals surface area contributed by atoms with E-state index in [4.69, 9.17) is 4.74 Å². The van der Waals surface area contributed by atoms with Gasteiger partial charge in [-0.3, -0.25) is 4.79 Å². The highest BCUT2D eigenvalue weighted by Crippen LogP contribution is 2.67. The van der Waals surface area contributed by atoms with Crippen LogP contribution in [0.4, 0.5) is 0 Å². The Morgan fingerprint density at radius 2 is 1.94 bits per heavy atom. The van der Waals surface area contributed by atoms with E-state index in [9.17, 15) is 4.79 Å². The quantitative estimate of drug-likeness (QED) is 0.246. The molecule has 0 aromatic heterocycles. The van der Waals surface area contributed by atoms with Crippen molar-refractivity contribution in [2.75, 3.05) is 0 Å². The van der Waals surface area contributed by atoms with Crippen LogP contribution in [-0.2, 0) is 9.53 Å². The van der Waals surface area contributed by atoms with Crippen molar-refractivity contribution in [1.82, 2.24) is 0 Å². The lowest BCUT2D eigenvalue weighted by Gasteiger charge is -2.58. The van der Waals surface area contributed by atoms with Crippen molar-refractivity contribution >= 4 is 5.97 Å². The minimum absolute atomic E-state index is 0.0360. The molecule has 0 spiro atoms. The third-order valence-electron chi connectivity index (χ3n) is 10.2. The average molecular weight is 439 g/mol. The molecule has 0 heterocycles. The van der Waals surface area contributed by atoms with Gasteiger partial charge in [-0.2, -0.15) is 0 Å². The van der Waals surface area contributed by atoms with Crippen LogP contribution in [0.5, 0.6) is 0 Å². The summed E-state index contributed by atoms with van der Waals surface area (Å²) in [6.07, 6.45) is 20.2. The Morgan fingerprint density at radius 3 is 2.66 bits per heavy atom. The third kappa shape index (κ3) is 4.16. The smallest absolute Gasteiger partial charge is 0.305 e. The van der Waals surface area contributed by atoms with E-state index >= 15 is 0 Å². The van der Waals surface area contributed by atoms with Gasteiger partial charge in [0, 0.05) is 12.8 Å². The first-order valence-electron chi connectivity index (χ1n) is 13.4. The summed E-state index contributed by atoms with van der Waals surface area (Å²) in [6, 6.07) is 0. The van der Waals surface area contributed by atoms with Gasteiger partial charge in [-0.1, -0.05) is 63.1 Å². The van der Waals surface area contributed by atoms with E-state index in [0.29, 0.717) is 23.2 Å². The van der Waals surface area contributed by atoms with Gasteiger partial charge in [-0.05, 0) is 99.2 Å². The highest BCUT2D eigenvalue weighted by atomic mass is 16.5. The van der Waals surface area contributed by atoms with E-state index in [1.807, 2.05) is 6.92 Å². The molecule has 3 fully saturated rings. The molecule has 2 heteroatoms. The van der Waals surface area contributed by atoms with Gasteiger partial charge < -0.3 is 4.74 Å². The molecule has 0 amide bonds. The molecule has 0 N–H and O–H groups in total. The van der Waals surface area contributed by atoms with Crippen LogP contribution in [0.15, 0.2) is 35.5 Å². The van der Waals surface area contributed by atoms with Gasteiger partial charge in [0.1, 0.15) is 6.10 Å². The first-order valence-corrected chi connectivity index (χ1v) is 13.4. The van der Waals surface area contributed by atoms with Crippen LogP contribution >= 0.6 is 0 Å². The maximum atomic E-state index is 11.8. The Kier molecular flexibility index (Phi) is 6.81. The lowest BCUT2D eigenvalue weighted by atomic mass is 9.47. The number of carbonyl (C=O) groups excluding carboxylic acids is 1. The Morgan fingerprint density at radius 1 is 1.16 bits per heavy atom. The SMILES string of the molecule is CCC(=O)O[C@@H]1CC[C@@]2(C)C(=CC[C@@H]3C2CC[C@]2(C)[C@@H]([C@H](C)/C=C\C=C(C)C)CC[C@@H]32)C1. The van der Waals surface area contributed by atoms with Crippen molar-refractivity contribution in [1.29, 1.82) is 0 Å². The lowest BCUT2D eigenvalue weighted by Crippen LogP contribution is -2.51. The molecular formula is C30H46O2. The molecule has 0 aromatic rings. The second-order valence-electron chi connectivity index (χ2n) is 12.2. The minimum Gasteiger partial charge on any atom is -0.462 e. The van der Waals surface area contributed by atoms with Crippen LogP contribution in [-0.4, -0.2) is 12.1 Å². The monoisotopic (exact) mass is 438 g/mol. The standard InChI is InChI=1S/C30H46O2/c1-7-28(31)32-23-15-17-29(5)22(19-23)11-12-24-26-14-13-25(21(4)10-8-9-20(2)3)30(26,6)18-16-27(24)29/h8-11,21,23-27H,7,12-19H2,1-6H3/b10-8-/t21-,23-,24+,25-,26+,27?,29+,30-/m1/s1. The number of hydrogen-bond donors (Lipinski definition) is 0. The van der Waals surface area contributed by atoms with Crippen molar-refractivity contribution in [3.8, 4) is 0 Å². The van der Waals surface area contributed by atoms with E-state index in [-0.39, 0.29) is 12.1 Å². The number of ether oxygens (including phenoxy) is 1. The van der Waals surface area contributed by atoms with Crippen molar-refractivity contribution < 1.29 is 9.53 Å². The molecule has 32 heavy (non-hydrogen) atoms. The number of carbonyl (C=O) groups is 1. The van der Waals surface area contributed by atoms with Crippen molar-refractivity contribution in [2.24, 2.45) is 40.4 Å². The van der Waals surface area contributed by atoms with E-state index in [1.54, 1.807) is 5.57 Å². The topological polar surface area (TPSA) is 26.3 Å². The minimum atomic E-state index is -0.0360. The number of fused-ring (bicyclic) bond motifs is 5. The number of esters is 1.